The number of anilines is 1. The molecule has 0 saturated heterocycles. The first kappa shape index (κ1) is 13.5. The summed E-state index contributed by atoms with van der Waals surface area (Å²) in [6.07, 6.45) is 0.415. The van der Waals surface area contributed by atoms with Crippen LogP contribution in [0.25, 0.3) is 0 Å². The molecule has 0 aliphatic carbocycles. The fourth-order valence-corrected chi connectivity index (χ4v) is 2.40. The molecule has 2 N–H and O–H groups in total. The predicted molar refractivity (Wildman–Crippen MR) is 78.4 cm³/mol. The lowest BCUT2D eigenvalue weighted by atomic mass is 10.1. The molecule has 1 aromatic carbocycles. The largest absolute Gasteiger partial charge is 0.377 e. The highest BCUT2D eigenvalue weighted by atomic mass is 32.1. The van der Waals surface area contributed by atoms with E-state index in [0.717, 1.165) is 16.9 Å². The highest BCUT2D eigenvalue weighted by molar-refractivity contribution is 7.07. The van der Waals surface area contributed by atoms with Gasteiger partial charge >= 0.3 is 0 Å². The third kappa shape index (κ3) is 3.79. The molecular weight excluding hydrogens is 258 g/mol. The first-order chi connectivity index (χ1) is 9.19. The van der Waals surface area contributed by atoms with Gasteiger partial charge < -0.3 is 10.6 Å². The number of carbonyl (C=O) groups excluding carboxylic acids is 1. The summed E-state index contributed by atoms with van der Waals surface area (Å²) in [7, 11) is 1.65. The number of rotatable bonds is 5. The van der Waals surface area contributed by atoms with Gasteiger partial charge in [0.2, 0.25) is 5.91 Å². The van der Waals surface area contributed by atoms with Gasteiger partial charge in [-0.05, 0) is 24.6 Å². The van der Waals surface area contributed by atoms with Crippen molar-refractivity contribution < 1.29 is 4.79 Å². The van der Waals surface area contributed by atoms with Crippen LogP contribution in [0.5, 0.6) is 0 Å². The zero-order chi connectivity index (χ0) is 13.7. The van der Waals surface area contributed by atoms with E-state index >= 15 is 0 Å². The minimum Gasteiger partial charge on any atom is -0.377 e. The number of nitrogens with one attached hydrogen (secondary N) is 2. The van der Waals surface area contributed by atoms with E-state index in [1.165, 1.54) is 0 Å². The number of hydrogen-bond acceptors (Lipinski definition) is 4. The number of benzene rings is 1. The molecule has 100 valence electrons. The van der Waals surface area contributed by atoms with Gasteiger partial charge in [-0.15, -0.1) is 11.3 Å². The zero-order valence-electron chi connectivity index (χ0n) is 11.0. The second kappa shape index (κ2) is 6.33. The first-order valence-electron chi connectivity index (χ1n) is 6.13. The molecule has 5 heteroatoms. The standard InChI is InChI=1S/C14H17N3OS/c1-10(13-8-19-9-16-13)17-12-5-3-11(4-6-12)7-14(18)15-2/h3-6,8-10,17H,7H2,1-2H3,(H,15,18). The molecule has 1 aromatic heterocycles. The second-order valence-corrected chi connectivity index (χ2v) is 5.04. The molecule has 0 saturated carbocycles. The number of carbonyl (C=O) groups is 1. The quantitative estimate of drug-likeness (QED) is 0.882. The summed E-state index contributed by atoms with van der Waals surface area (Å²) in [5.41, 5.74) is 4.91. The van der Waals surface area contributed by atoms with Gasteiger partial charge in [0.25, 0.3) is 0 Å². The van der Waals surface area contributed by atoms with Crippen LogP contribution in [-0.2, 0) is 11.2 Å². The average molecular weight is 275 g/mol. The number of thiazole rings is 1. The summed E-state index contributed by atoms with van der Waals surface area (Å²) in [5.74, 6) is 0.0246. The number of nitrogens with zero attached hydrogens (tertiary/aromatic N) is 1. The highest BCUT2D eigenvalue weighted by Gasteiger charge is 2.07. The molecule has 0 spiro atoms. The Bertz CT molecular complexity index is 522. The summed E-state index contributed by atoms with van der Waals surface area (Å²) >= 11 is 1.59. The van der Waals surface area contributed by atoms with E-state index in [-0.39, 0.29) is 11.9 Å². The summed E-state index contributed by atoms with van der Waals surface area (Å²) in [4.78, 5) is 15.5. The molecule has 0 radical (unpaired) electrons. The van der Waals surface area contributed by atoms with Crippen LogP contribution in [0, 0.1) is 0 Å². The summed E-state index contributed by atoms with van der Waals surface area (Å²) in [6.45, 7) is 2.08. The molecule has 1 atom stereocenters. The van der Waals surface area contributed by atoms with Crippen molar-refractivity contribution >= 4 is 22.9 Å². The normalized spacial score (nSPS) is 11.9. The lowest BCUT2D eigenvalue weighted by Gasteiger charge is -2.13. The Labute approximate surface area is 116 Å². The Morgan fingerprint density at radius 2 is 2.11 bits per heavy atom. The number of aromatic nitrogens is 1. The Balaban J connectivity index is 1.97. The molecule has 19 heavy (non-hydrogen) atoms. The summed E-state index contributed by atoms with van der Waals surface area (Å²) in [5, 5.41) is 8.04. The van der Waals surface area contributed by atoms with Crippen molar-refractivity contribution in [3.05, 3.63) is 46.4 Å². The topological polar surface area (TPSA) is 54.0 Å². The Morgan fingerprint density at radius 3 is 2.68 bits per heavy atom. The van der Waals surface area contributed by atoms with E-state index in [9.17, 15) is 4.79 Å². The molecule has 2 aromatic rings. The van der Waals surface area contributed by atoms with Gasteiger partial charge in [0.15, 0.2) is 0 Å². The molecule has 1 heterocycles. The van der Waals surface area contributed by atoms with Gasteiger partial charge in [-0.1, -0.05) is 12.1 Å². The van der Waals surface area contributed by atoms with Gasteiger partial charge in [0.05, 0.1) is 23.7 Å². The van der Waals surface area contributed by atoms with E-state index in [4.69, 9.17) is 0 Å². The van der Waals surface area contributed by atoms with Crippen LogP contribution in [0.4, 0.5) is 5.69 Å². The lowest BCUT2D eigenvalue weighted by molar-refractivity contribution is -0.119. The van der Waals surface area contributed by atoms with Gasteiger partial charge in [-0.3, -0.25) is 4.79 Å². The van der Waals surface area contributed by atoms with Crippen molar-refractivity contribution in [2.45, 2.75) is 19.4 Å². The summed E-state index contributed by atoms with van der Waals surface area (Å²) in [6, 6.07) is 8.08. The minimum absolute atomic E-state index is 0.0246. The van der Waals surface area contributed by atoms with E-state index in [2.05, 4.69) is 22.5 Å². The van der Waals surface area contributed by atoms with E-state index in [1.54, 1.807) is 18.4 Å². The Morgan fingerprint density at radius 1 is 1.37 bits per heavy atom. The maximum absolute atomic E-state index is 11.3. The molecule has 0 aliphatic rings. The highest BCUT2D eigenvalue weighted by Crippen LogP contribution is 2.19. The Kier molecular flexibility index (Phi) is 4.52. The number of amides is 1. The van der Waals surface area contributed by atoms with Gasteiger partial charge in [-0.2, -0.15) is 0 Å². The maximum Gasteiger partial charge on any atom is 0.224 e. The van der Waals surface area contributed by atoms with Gasteiger partial charge in [0, 0.05) is 18.1 Å². The first-order valence-corrected chi connectivity index (χ1v) is 7.07. The van der Waals surface area contributed by atoms with Crippen LogP contribution >= 0.6 is 11.3 Å². The Hall–Kier alpha value is -1.88. The second-order valence-electron chi connectivity index (χ2n) is 4.33. The van der Waals surface area contributed by atoms with E-state index in [0.29, 0.717) is 6.42 Å². The monoisotopic (exact) mass is 275 g/mol. The SMILES string of the molecule is CNC(=O)Cc1ccc(NC(C)c2cscn2)cc1. The molecule has 4 nitrogen and oxygen atoms in total. The molecule has 1 unspecified atom stereocenters. The van der Waals surface area contributed by atoms with Crippen LogP contribution in [0.2, 0.25) is 0 Å². The number of hydrogen-bond donors (Lipinski definition) is 2. The van der Waals surface area contributed by atoms with Crippen molar-refractivity contribution in [2.75, 3.05) is 12.4 Å². The van der Waals surface area contributed by atoms with Gasteiger partial charge in [0.1, 0.15) is 0 Å². The molecule has 0 aliphatic heterocycles. The average Bonchev–Trinajstić information content (AvgIpc) is 2.95. The van der Waals surface area contributed by atoms with Crippen LogP contribution in [0.1, 0.15) is 24.2 Å². The van der Waals surface area contributed by atoms with E-state index < -0.39 is 0 Å². The fraction of sp³-hybridized carbons (Fsp3) is 0.286. The van der Waals surface area contributed by atoms with Crippen LogP contribution in [-0.4, -0.2) is 17.9 Å². The van der Waals surface area contributed by atoms with E-state index in [1.807, 2.05) is 35.2 Å². The van der Waals surface area contributed by atoms with Crippen molar-refractivity contribution in [1.29, 1.82) is 0 Å². The smallest absolute Gasteiger partial charge is 0.224 e. The molecule has 1 amide bonds. The molecule has 0 fully saturated rings. The minimum atomic E-state index is 0.0246. The van der Waals surface area contributed by atoms with Crippen molar-refractivity contribution in [3.8, 4) is 0 Å². The lowest BCUT2D eigenvalue weighted by Crippen LogP contribution is -2.19. The third-order valence-electron chi connectivity index (χ3n) is 2.88. The van der Waals surface area contributed by atoms with Gasteiger partial charge in [-0.25, -0.2) is 4.98 Å². The van der Waals surface area contributed by atoms with Crippen molar-refractivity contribution in [1.82, 2.24) is 10.3 Å². The zero-order valence-corrected chi connectivity index (χ0v) is 11.8. The summed E-state index contributed by atoms with van der Waals surface area (Å²) < 4.78 is 0. The fourth-order valence-electron chi connectivity index (χ4n) is 1.75. The van der Waals surface area contributed by atoms with Crippen molar-refractivity contribution in [3.63, 3.8) is 0 Å². The molecule has 2 rings (SSSR count). The van der Waals surface area contributed by atoms with Crippen LogP contribution in [0.3, 0.4) is 0 Å². The number of likely N-dealkylation sites (N-methyl/N-ethyl adjacent to an activating group) is 1. The van der Waals surface area contributed by atoms with Crippen LogP contribution < -0.4 is 10.6 Å². The van der Waals surface area contributed by atoms with Crippen LogP contribution in [0.15, 0.2) is 35.2 Å². The third-order valence-corrected chi connectivity index (χ3v) is 3.48. The molecule has 0 bridgehead atoms. The van der Waals surface area contributed by atoms with Crippen molar-refractivity contribution in [2.24, 2.45) is 0 Å². The predicted octanol–water partition coefficient (Wildman–Crippen LogP) is 2.60. The molecular formula is C14H17N3OS. The maximum atomic E-state index is 11.3.